The summed E-state index contributed by atoms with van der Waals surface area (Å²) in [6, 6.07) is 8.78. The van der Waals surface area contributed by atoms with Gasteiger partial charge in [0.2, 0.25) is 5.91 Å². The lowest BCUT2D eigenvalue weighted by atomic mass is 10.1. The second-order valence-electron chi connectivity index (χ2n) is 5.58. The van der Waals surface area contributed by atoms with Gasteiger partial charge in [-0.3, -0.25) is 9.69 Å². The average molecular weight is 338 g/mol. The molecule has 0 aliphatic carbocycles. The molecule has 4 nitrogen and oxygen atoms in total. The fourth-order valence-corrected chi connectivity index (χ4v) is 3.55. The molecule has 1 aromatic carbocycles. The predicted molar refractivity (Wildman–Crippen MR) is 83.8 cm³/mol. The maximum Gasteiger partial charge on any atom is 0.238 e. The molecule has 5 heteroatoms. The normalized spacial score (nSPS) is 25.6. The van der Waals surface area contributed by atoms with Crippen molar-refractivity contribution in [2.24, 2.45) is 0 Å². The van der Waals surface area contributed by atoms with Gasteiger partial charge < -0.3 is 10.6 Å². The lowest BCUT2D eigenvalue weighted by Gasteiger charge is -2.21. The molecule has 2 heterocycles. The highest BCUT2D eigenvalue weighted by molar-refractivity contribution is 9.10. The first-order chi connectivity index (χ1) is 9.72. The molecule has 1 amide bonds. The van der Waals surface area contributed by atoms with Crippen LogP contribution in [-0.2, 0) is 4.79 Å². The van der Waals surface area contributed by atoms with E-state index in [2.05, 4.69) is 31.5 Å². The SMILES string of the molecule is O=C(CNC1CCN2CCCC12)Nc1ccc(Br)cc1. The van der Waals surface area contributed by atoms with Gasteiger partial charge in [-0.1, -0.05) is 15.9 Å². The molecule has 108 valence electrons. The first kappa shape index (κ1) is 14.0. The zero-order valence-corrected chi connectivity index (χ0v) is 13.0. The van der Waals surface area contributed by atoms with Gasteiger partial charge in [0.05, 0.1) is 6.54 Å². The topological polar surface area (TPSA) is 44.4 Å². The highest BCUT2D eigenvalue weighted by Crippen LogP contribution is 2.27. The van der Waals surface area contributed by atoms with Crippen molar-refractivity contribution in [1.29, 1.82) is 0 Å². The van der Waals surface area contributed by atoms with Crippen molar-refractivity contribution in [1.82, 2.24) is 10.2 Å². The van der Waals surface area contributed by atoms with E-state index in [4.69, 9.17) is 0 Å². The highest BCUT2D eigenvalue weighted by Gasteiger charge is 2.36. The van der Waals surface area contributed by atoms with Gasteiger partial charge in [0.15, 0.2) is 0 Å². The van der Waals surface area contributed by atoms with Gasteiger partial charge >= 0.3 is 0 Å². The van der Waals surface area contributed by atoms with Crippen LogP contribution < -0.4 is 10.6 Å². The summed E-state index contributed by atoms with van der Waals surface area (Å²) in [6.45, 7) is 2.80. The van der Waals surface area contributed by atoms with E-state index in [0.717, 1.165) is 16.6 Å². The van der Waals surface area contributed by atoms with E-state index in [1.54, 1.807) is 0 Å². The van der Waals surface area contributed by atoms with Gasteiger partial charge in [-0.15, -0.1) is 0 Å². The van der Waals surface area contributed by atoms with E-state index in [9.17, 15) is 4.79 Å². The van der Waals surface area contributed by atoms with Crippen molar-refractivity contribution in [2.75, 3.05) is 25.0 Å². The first-order valence-electron chi connectivity index (χ1n) is 7.25. The number of benzene rings is 1. The van der Waals surface area contributed by atoms with Crippen LogP contribution in [-0.4, -0.2) is 42.5 Å². The summed E-state index contributed by atoms with van der Waals surface area (Å²) in [5.74, 6) is 0.0313. The summed E-state index contributed by atoms with van der Waals surface area (Å²) in [7, 11) is 0. The Morgan fingerprint density at radius 3 is 2.85 bits per heavy atom. The zero-order valence-electron chi connectivity index (χ0n) is 11.4. The van der Waals surface area contributed by atoms with Crippen molar-refractivity contribution in [3.05, 3.63) is 28.7 Å². The van der Waals surface area contributed by atoms with Crippen LogP contribution in [0, 0.1) is 0 Å². The summed E-state index contributed by atoms with van der Waals surface area (Å²) in [5.41, 5.74) is 0.842. The molecule has 2 aliphatic rings. The van der Waals surface area contributed by atoms with Gasteiger partial charge in [0.25, 0.3) is 0 Å². The van der Waals surface area contributed by atoms with E-state index in [1.807, 2.05) is 24.3 Å². The number of carbonyl (C=O) groups excluding carboxylic acids is 1. The number of nitrogens with zero attached hydrogens (tertiary/aromatic N) is 1. The largest absolute Gasteiger partial charge is 0.325 e. The van der Waals surface area contributed by atoms with Gasteiger partial charge in [-0.05, 0) is 50.1 Å². The molecule has 3 rings (SSSR count). The number of amides is 1. The lowest BCUT2D eigenvalue weighted by Crippen LogP contribution is -2.42. The minimum atomic E-state index is 0.0313. The molecule has 2 saturated heterocycles. The minimum absolute atomic E-state index is 0.0313. The number of carbonyl (C=O) groups is 1. The second kappa shape index (κ2) is 6.24. The number of fused-ring (bicyclic) bond motifs is 1. The third kappa shape index (κ3) is 3.22. The number of rotatable bonds is 4. The monoisotopic (exact) mass is 337 g/mol. The fourth-order valence-electron chi connectivity index (χ4n) is 3.28. The lowest BCUT2D eigenvalue weighted by molar-refractivity contribution is -0.115. The number of nitrogens with one attached hydrogen (secondary N) is 2. The Hall–Kier alpha value is -0.910. The zero-order chi connectivity index (χ0) is 13.9. The molecule has 2 atom stereocenters. The summed E-state index contributed by atoms with van der Waals surface area (Å²) in [6.07, 6.45) is 3.73. The van der Waals surface area contributed by atoms with Crippen molar-refractivity contribution in [3.63, 3.8) is 0 Å². The first-order valence-corrected chi connectivity index (χ1v) is 8.04. The second-order valence-corrected chi connectivity index (χ2v) is 6.49. The Kier molecular flexibility index (Phi) is 4.38. The number of anilines is 1. The van der Waals surface area contributed by atoms with Gasteiger partial charge in [-0.2, -0.15) is 0 Å². The molecule has 0 aromatic heterocycles. The van der Waals surface area contributed by atoms with Crippen molar-refractivity contribution in [3.8, 4) is 0 Å². The Morgan fingerprint density at radius 1 is 1.25 bits per heavy atom. The van der Waals surface area contributed by atoms with Crippen LogP contribution in [0.25, 0.3) is 0 Å². The minimum Gasteiger partial charge on any atom is -0.325 e. The predicted octanol–water partition coefficient (Wildman–Crippen LogP) is 2.21. The highest BCUT2D eigenvalue weighted by atomic mass is 79.9. The van der Waals surface area contributed by atoms with E-state index >= 15 is 0 Å². The van der Waals surface area contributed by atoms with Crippen LogP contribution in [0.1, 0.15) is 19.3 Å². The molecular weight excluding hydrogens is 318 g/mol. The molecule has 2 unspecified atom stereocenters. The fraction of sp³-hybridized carbons (Fsp3) is 0.533. The third-order valence-electron chi connectivity index (χ3n) is 4.26. The Labute approximate surface area is 128 Å². The summed E-state index contributed by atoms with van der Waals surface area (Å²) in [4.78, 5) is 14.5. The molecule has 0 bridgehead atoms. The molecule has 2 aliphatic heterocycles. The molecule has 1 aromatic rings. The Morgan fingerprint density at radius 2 is 2.05 bits per heavy atom. The van der Waals surface area contributed by atoms with Gasteiger partial charge in [-0.25, -0.2) is 0 Å². The average Bonchev–Trinajstić information content (AvgIpc) is 3.02. The molecule has 2 fully saturated rings. The quantitative estimate of drug-likeness (QED) is 0.885. The number of hydrogen-bond acceptors (Lipinski definition) is 3. The van der Waals surface area contributed by atoms with Crippen LogP contribution >= 0.6 is 15.9 Å². The Balaban J connectivity index is 1.46. The van der Waals surface area contributed by atoms with Crippen LogP contribution in [0.15, 0.2) is 28.7 Å². The smallest absolute Gasteiger partial charge is 0.238 e. The van der Waals surface area contributed by atoms with Crippen molar-refractivity contribution in [2.45, 2.75) is 31.3 Å². The summed E-state index contributed by atoms with van der Waals surface area (Å²) in [5, 5.41) is 6.34. The van der Waals surface area contributed by atoms with Crippen molar-refractivity contribution >= 4 is 27.5 Å². The van der Waals surface area contributed by atoms with E-state index in [-0.39, 0.29) is 5.91 Å². The summed E-state index contributed by atoms with van der Waals surface area (Å²) >= 11 is 3.38. The van der Waals surface area contributed by atoms with Crippen LogP contribution in [0.5, 0.6) is 0 Å². The number of halogens is 1. The molecular formula is C15H20BrN3O. The molecule has 0 saturated carbocycles. The van der Waals surface area contributed by atoms with E-state index in [0.29, 0.717) is 18.6 Å². The van der Waals surface area contributed by atoms with Gasteiger partial charge in [0.1, 0.15) is 0 Å². The molecule has 0 radical (unpaired) electrons. The van der Waals surface area contributed by atoms with Crippen LogP contribution in [0.4, 0.5) is 5.69 Å². The van der Waals surface area contributed by atoms with Crippen molar-refractivity contribution < 1.29 is 4.79 Å². The maximum absolute atomic E-state index is 11.9. The van der Waals surface area contributed by atoms with Crippen LogP contribution in [0.2, 0.25) is 0 Å². The number of hydrogen-bond donors (Lipinski definition) is 2. The van der Waals surface area contributed by atoms with E-state index in [1.165, 1.54) is 25.9 Å². The maximum atomic E-state index is 11.9. The van der Waals surface area contributed by atoms with Crippen LogP contribution in [0.3, 0.4) is 0 Å². The molecule has 20 heavy (non-hydrogen) atoms. The molecule has 0 spiro atoms. The molecule has 2 N–H and O–H groups in total. The summed E-state index contributed by atoms with van der Waals surface area (Å²) < 4.78 is 1.01. The van der Waals surface area contributed by atoms with Gasteiger partial charge in [0, 0.05) is 28.8 Å². The Bertz CT molecular complexity index is 477. The third-order valence-corrected chi connectivity index (χ3v) is 4.79. The van der Waals surface area contributed by atoms with E-state index < -0.39 is 0 Å². The standard InChI is InChI=1S/C15H20BrN3O/c16-11-3-5-12(6-4-11)18-15(20)10-17-13-7-9-19-8-1-2-14(13)19/h3-6,13-14,17H,1-2,7-10H2,(H,18,20).